The Labute approximate surface area is 199 Å². The Bertz CT molecular complexity index is 1160. The zero-order valence-electron chi connectivity index (χ0n) is 19.1. The lowest BCUT2D eigenvalue weighted by Crippen LogP contribution is -2.31. The molecular weight excluding hydrogens is 436 g/mol. The molecule has 2 atom stereocenters. The predicted molar refractivity (Wildman–Crippen MR) is 130 cm³/mol. The number of ether oxygens (including phenoxy) is 3. The van der Waals surface area contributed by atoms with Crippen LogP contribution in [0.3, 0.4) is 0 Å². The molecule has 2 aliphatic heterocycles. The van der Waals surface area contributed by atoms with Crippen molar-refractivity contribution in [1.29, 1.82) is 0 Å². The van der Waals surface area contributed by atoms with Crippen LogP contribution >= 0.6 is 12.2 Å². The third-order valence-electron chi connectivity index (χ3n) is 6.35. The third kappa shape index (κ3) is 3.94. The van der Waals surface area contributed by atoms with Gasteiger partial charge in [-0.2, -0.15) is 0 Å². The molecule has 0 unspecified atom stereocenters. The lowest BCUT2D eigenvalue weighted by molar-refractivity contribution is 0.174. The van der Waals surface area contributed by atoms with Gasteiger partial charge in [-0.1, -0.05) is 6.07 Å². The molecule has 2 aliphatic rings. The summed E-state index contributed by atoms with van der Waals surface area (Å²) in [4.78, 5) is 6.92. The van der Waals surface area contributed by atoms with E-state index < -0.39 is 0 Å². The van der Waals surface area contributed by atoms with Crippen LogP contribution in [0.15, 0.2) is 48.7 Å². The van der Waals surface area contributed by atoms with Crippen LogP contribution in [0.5, 0.6) is 11.5 Å². The van der Waals surface area contributed by atoms with Crippen LogP contribution in [0, 0.1) is 13.8 Å². The van der Waals surface area contributed by atoms with Gasteiger partial charge in [0.2, 0.25) is 6.79 Å². The van der Waals surface area contributed by atoms with Crippen LogP contribution in [0.25, 0.3) is 5.69 Å². The first kappa shape index (κ1) is 21.7. The maximum atomic E-state index is 5.78. The van der Waals surface area contributed by atoms with Crippen molar-refractivity contribution in [2.24, 2.45) is 0 Å². The molecule has 2 aromatic heterocycles. The highest BCUT2D eigenvalue weighted by Gasteiger charge is 2.41. The van der Waals surface area contributed by atoms with Gasteiger partial charge in [-0.05, 0) is 68.4 Å². The summed E-state index contributed by atoms with van der Waals surface area (Å²) >= 11 is 5.78. The zero-order chi connectivity index (χ0) is 22.9. The largest absolute Gasteiger partial charge is 0.454 e. The number of pyridine rings is 1. The second-order valence-corrected chi connectivity index (χ2v) is 8.75. The molecule has 0 spiro atoms. The average molecular weight is 465 g/mol. The number of hydrogen-bond acceptors (Lipinski definition) is 5. The van der Waals surface area contributed by atoms with Crippen molar-refractivity contribution in [2.45, 2.75) is 32.4 Å². The van der Waals surface area contributed by atoms with Crippen molar-refractivity contribution in [1.82, 2.24) is 19.8 Å². The summed E-state index contributed by atoms with van der Waals surface area (Å²) < 4.78 is 18.7. The number of rotatable bonds is 7. The predicted octanol–water partition coefficient (Wildman–Crippen LogP) is 4.23. The minimum atomic E-state index is -0.0352. The van der Waals surface area contributed by atoms with E-state index in [1.54, 1.807) is 7.11 Å². The van der Waals surface area contributed by atoms with E-state index in [9.17, 15) is 0 Å². The van der Waals surface area contributed by atoms with Gasteiger partial charge in [-0.15, -0.1) is 0 Å². The molecule has 3 aromatic rings. The highest BCUT2D eigenvalue weighted by Crippen LogP contribution is 2.42. The SMILES string of the molecule is COCCCN1C(=S)N[C@H](c2ccccn2)[C@@H]1c1cc(C)n(-c2ccc3c(c2)OCO3)c1C. The highest BCUT2D eigenvalue weighted by molar-refractivity contribution is 7.80. The number of aromatic nitrogens is 2. The summed E-state index contributed by atoms with van der Waals surface area (Å²) in [5.74, 6) is 1.56. The number of aryl methyl sites for hydroxylation is 1. The van der Waals surface area contributed by atoms with Crippen LogP contribution < -0.4 is 14.8 Å². The van der Waals surface area contributed by atoms with E-state index in [-0.39, 0.29) is 18.9 Å². The van der Waals surface area contributed by atoms with Gasteiger partial charge in [0.05, 0.1) is 17.8 Å². The minimum Gasteiger partial charge on any atom is -0.454 e. The summed E-state index contributed by atoms with van der Waals surface area (Å²) in [7, 11) is 1.73. The summed E-state index contributed by atoms with van der Waals surface area (Å²) in [5, 5.41) is 4.28. The molecule has 0 saturated carbocycles. The van der Waals surface area contributed by atoms with E-state index >= 15 is 0 Å². The van der Waals surface area contributed by atoms with E-state index in [1.165, 1.54) is 11.3 Å². The van der Waals surface area contributed by atoms with Crippen LogP contribution in [0.2, 0.25) is 0 Å². The monoisotopic (exact) mass is 464 g/mol. The van der Waals surface area contributed by atoms with Crippen molar-refractivity contribution < 1.29 is 14.2 Å². The average Bonchev–Trinajstić information content (AvgIpc) is 3.50. The standard InChI is InChI=1S/C25H28N4O3S/c1-16-13-19(17(2)29(16)18-8-9-21-22(14-18)32-15-31-21)24-23(20-7-4-5-10-26-20)27-25(33)28(24)11-6-12-30-3/h4-5,7-10,13-14,23-24H,6,11-12,15H2,1-3H3,(H,27,33)/t23-,24+/m1/s1. The van der Waals surface area contributed by atoms with Gasteiger partial charge in [0.25, 0.3) is 0 Å². The van der Waals surface area contributed by atoms with Crippen molar-refractivity contribution in [3.05, 3.63) is 71.3 Å². The molecule has 1 aromatic carbocycles. The fourth-order valence-corrected chi connectivity index (χ4v) is 5.20. The number of hydrogen-bond donors (Lipinski definition) is 1. The van der Waals surface area contributed by atoms with E-state index in [2.05, 4.69) is 51.8 Å². The van der Waals surface area contributed by atoms with Crippen LogP contribution in [0.1, 0.15) is 41.1 Å². The maximum Gasteiger partial charge on any atom is 0.231 e. The van der Waals surface area contributed by atoms with Crippen molar-refractivity contribution in [2.75, 3.05) is 27.1 Å². The van der Waals surface area contributed by atoms with Gasteiger partial charge in [-0.25, -0.2) is 0 Å². The molecular formula is C25H28N4O3S. The first-order valence-electron chi connectivity index (χ1n) is 11.1. The van der Waals surface area contributed by atoms with E-state index in [4.69, 9.17) is 26.4 Å². The number of benzene rings is 1. The zero-order valence-corrected chi connectivity index (χ0v) is 19.9. The molecule has 0 radical (unpaired) electrons. The number of methoxy groups -OCH3 is 1. The van der Waals surface area contributed by atoms with E-state index in [1.807, 2.05) is 30.5 Å². The topological polar surface area (TPSA) is 60.8 Å². The summed E-state index contributed by atoms with van der Waals surface area (Å²) in [6.07, 6.45) is 2.73. The molecule has 8 heteroatoms. The molecule has 172 valence electrons. The molecule has 1 fully saturated rings. The number of nitrogens with zero attached hydrogens (tertiary/aromatic N) is 3. The summed E-state index contributed by atoms with van der Waals surface area (Å²) in [5.41, 5.74) is 5.57. The smallest absolute Gasteiger partial charge is 0.231 e. The second kappa shape index (κ2) is 9.03. The van der Waals surface area contributed by atoms with Gasteiger partial charge >= 0.3 is 0 Å². The molecule has 1 N–H and O–H groups in total. The van der Waals surface area contributed by atoms with Crippen LogP contribution in [0.4, 0.5) is 0 Å². The van der Waals surface area contributed by atoms with Gasteiger partial charge in [0, 0.05) is 49.6 Å². The van der Waals surface area contributed by atoms with E-state index in [0.717, 1.165) is 46.7 Å². The molecule has 0 bridgehead atoms. The quantitative estimate of drug-likeness (QED) is 0.415. The van der Waals surface area contributed by atoms with Crippen molar-refractivity contribution >= 4 is 17.3 Å². The fourth-order valence-electron chi connectivity index (χ4n) is 4.87. The Balaban J connectivity index is 1.57. The Hall–Kier alpha value is -3.10. The van der Waals surface area contributed by atoms with Gasteiger partial charge in [0.1, 0.15) is 0 Å². The first-order chi connectivity index (χ1) is 16.1. The fraction of sp³-hybridized carbons (Fsp3) is 0.360. The lowest BCUT2D eigenvalue weighted by Gasteiger charge is -2.28. The molecule has 7 nitrogen and oxygen atoms in total. The summed E-state index contributed by atoms with van der Waals surface area (Å²) in [6, 6.07) is 14.3. The van der Waals surface area contributed by atoms with Gasteiger partial charge < -0.3 is 29.0 Å². The van der Waals surface area contributed by atoms with Crippen LogP contribution in [-0.4, -0.2) is 46.6 Å². The highest BCUT2D eigenvalue weighted by atomic mass is 32.1. The van der Waals surface area contributed by atoms with Gasteiger partial charge in [-0.3, -0.25) is 4.98 Å². The number of fused-ring (bicyclic) bond motifs is 1. The third-order valence-corrected chi connectivity index (χ3v) is 6.70. The van der Waals surface area contributed by atoms with Crippen LogP contribution in [-0.2, 0) is 4.74 Å². The lowest BCUT2D eigenvalue weighted by atomic mass is 9.96. The summed E-state index contributed by atoms with van der Waals surface area (Å²) in [6.45, 7) is 6.06. The normalized spacial score (nSPS) is 19.2. The molecule has 0 aliphatic carbocycles. The van der Waals surface area contributed by atoms with E-state index in [0.29, 0.717) is 6.61 Å². The molecule has 5 rings (SSSR count). The van der Waals surface area contributed by atoms with Crippen molar-refractivity contribution in [3.8, 4) is 17.2 Å². The molecule has 4 heterocycles. The first-order valence-corrected chi connectivity index (χ1v) is 11.5. The molecule has 0 amide bonds. The van der Waals surface area contributed by atoms with Gasteiger partial charge in [0.15, 0.2) is 16.6 Å². The van der Waals surface area contributed by atoms with Crippen molar-refractivity contribution in [3.63, 3.8) is 0 Å². The maximum absolute atomic E-state index is 5.78. The Morgan fingerprint density at radius 1 is 1.15 bits per heavy atom. The minimum absolute atomic E-state index is 0.0261. The Morgan fingerprint density at radius 3 is 2.79 bits per heavy atom. The molecule has 1 saturated heterocycles. The second-order valence-electron chi connectivity index (χ2n) is 8.37. The Kier molecular flexibility index (Phi) is 5.95. The number of thiocarbonyl (C=S) groups is 1. The molecule has 33 heavy (non-hydrogen) atoms. The number of nitrogens with one attached hydrogen (secondary N) is 1. The Morgan fingerprint density at radius 2 is 2.00 bits per heavy atom.